The minimum absolute atomic E-state index is 0.0594. The lowest BCUT2D eigenvalue weighted by atomic mass is 10.0. The second-order valence-corrected chi connectivity index (χ2v) is 9.25. The van der Waals surface area contributed by atoms with Gasteiger partial charge in [-0.15, -0.1) is 0 Å². The monoisotopic (exact) mass is 469 g/mol. The predicted octanol–water partition coefficient (Wildman–Crippen LogP) is 4.88. The van der Waals surface area contributed by atoms with Crippen LogP contribution in [0.1, 0.15) is 38.2 Å². The molecule has 182 valence electrons. The number of hydrogen-bond donors (Lipinski definition) is 3. The summed E-state index contributed by atoms with van der Waals surface area (Å²) in [6.07, 6.45) is -0.480. The van der Waals surface area contributed by atoms with Gasteiger partial charge in [0.25, 0.3) is 5.91 Å². The van der Waals surface area contributed by atoms with Crippen molar-refractivity contribution in [3.05, 3.63) is 60.0 Å². The number of rotatable bonds is 9. The first kappa shape index (κ1) is 25.2. The number of alkyl carbamates (subject to hydrolysis) is 1. The fourth-order valence-corrected chi connectivity index (χ4v) is 3.47. The van der Waals surface area contributed by atoms with E-state index in [1.807, 2.05) is 31.2 Å². The van der Waals surface area contributed by atoms with Crippen molar-refractivity contribution in [2.45, 2.75) is 33.3 Å². The van der Waals surface area contributed by atoms with E-state index in [4.69, 9.17) is 9.47 Å². The van der Waals surface area contributed by atoms with Gasteiger partial charge in [0.2, 0.25) is 0 Å². The highest BCUT2D eigenvalue weighted by Crippen LogP contribution is 2.32. The number of fused-ring (bicyclic) bond motifs is 1. The van der Waals surface area contributed by atoms with Gasteiger partial charge >= 0.3 is 6.09 Å². The van der Waals surface area contributed by atoms with Crippen LogP contribution in [0.25, 0.3) is 22.0 Å². The summed E-state index contributed by atoms with van der Waals surface area (Å²) < 4.78 is 24.2. The first-order valence-corrected chi connectivity index (χ1v) is 11.3. The first-order chi connectivity index (χ1) is 16.1. The molecule has 0 radical (unpaired) electrons. The maximum absolute atomic E-state index is 13.4. The van der Waals surface area contributed by atoms with E-state index in [2.05, 4.69) is 15.6 Å². The third kappa shape index (κ3) is 7.05. The molecule has 0 bridgehead atoms. The molecule has 3 N–H and O–H groups in total. The zero-order valence-electron chi connectivity index (χ0n) is 20.0. The molecule has 3 aromatic rings. The number of ether oxygens (including phenoxy) is 2. The van der Waals surface area contributed by atoms with Crippen LogP contribution in [0.3, 0.4) is 0 Å². The van der Waals surface area contributed by atoms with E-state index in [0.29, 0.717) is 32.0 Å². The number of aromatic nitrogens is 1. The number of halogens is 1. The molecule has 0 saturated heterocycles. The molecular formula is C26H32FN3O4. The Hall–Kier alpha value is -3.39. The van der Waals surface area contributed by atoms with Crippen LogP contribution in [0.5, 0.6) is 0 Å². The van der Waals surface area contributed by atoms with Crippen molar-refractivity contribution in [3.8, 4) is 11.1 Å². The highest BCUT2D eigenvalue weighted by Gasteiger charge is 2.20. The van der Waals surface area contributed by atoms with Crippen LogP contribution in [0.2, 0.25) is 0 Å². The van der Waals surface area contributed by atoms with E-state index in [1.54, 1.807) is 32.9 Å². The van der Waals surface area contributed by atoms with E-state index in [1.165, 1.54) is 12.1 Å². The van der Waals surface area contributed by atoms with Crippen molar-refractivity contribution in [2.24, 2.45) is 5.92 Å². The number of aromatic amines is 1. The molecule has 0 aliphatic carbocycles. The third-order valence-electron chi connectivity index (χ3n) is 4.99. The Kier molecular flexibility index (Phi) is 8.28. The fourth-order valence-electron chi connectivity index (χ4n) is 3.47. The molecular weight excluding hydrogens is 437 g/mol. The Morgan fingerprint density at radius 2 is 1.76 bits per heavy atom. The van der Waals surface area contributed by atoms with Gasteiger partial charge in [-0.05, 0) is 50.5 Å². The average molecular weight is 470 g/mol. The molecule has 7 nitrogen and oxygen atoms in total. The highest BCUT2D eigenvalue weighted by atomic mass is 19.1. The van der Waals surface area contributed by atoms with Gasteiger partial charge in [-0.25, -0.2) is 9.18 Å². The van der Waals surface area contributed by atoms with Gasteiger partial charge in [0.1, 0.15) is 17.1 Å². The van der Waals surface area contributed by atoms with Crippen LogP contribution in [-0.4, -0.2) is 48.9 Å². The Bertz CT molecular complexity index is 1120. The van der Waals surface area contributed by atoms with Crippen molar-refractivity contribution in [3.63, 3.8) is 0 Å². The van der Waals surface area contributed by atoms with Crippen molar-refractivity contribution < 1.29 is 23.5 Å². The largest absolute Gasteiger partial charge is 0.444 e. The van der Waals surface area contributed by atoms with Crippen LogP contribution in [0, 0.1) is 11.7 Å². The maximum atomic E-state index is 13.4. The topological polar surface area (TPSA) is 92.5 Å². The zero-order chi connectivity index (χ0) is 24.7. The molecule has 0 aliphatic rings. The molecule has 1 heterocycles. The minimum Gasteiger partial charge on any atom is -0.444 e. The van der Waals surface area contributed by atoms with Gasteiger partial charge in [-0.1, -0.05) is 37.3 Å². The maximum Gasteiger partial charge on any atom is 0.407 e. The molecule has 1 atom stereocenters. The summed E-state index contributed by atoms with van der Waals surface area (Å²) >= 11 is 0. The smallest absolute Gasteiger partial charge is 0.407 e. The van der Waals surface area contributed by atoms with E-state index in [-0.39, 0.29) is 17.6 Å². The first-order valence-electron chi connectivity index (χ1n) is 11.3. The number of hydrogen-bond acceptors (Lipinski definition) is 4. The number of amides is 2. The molecule has 0 aliphatic heterocycles. The van der Waals surface area contributed by atoms with Crippen LogP contribution >= 0.6 is 0 Å². The fraction of sp³-hybridized carbons (Fsp3) is 0.385. The van der Waals surface area contributed by atoms with Gasteiger partial charge in [0.15, 0.2) is 0 Å². The van der Waals surface area contributed by atoms with Crippen molar-refractivity contribution >= 4 is 22.9 Å². The summed E-state index contributed by atoms with van der Waals surface area (Å²) in [5.41, 5.74) is 2.23. The van der Waals surface area contributed by atoms with E-state index in [9.17, 15) is 14.0 Å². The van der Waals surface area contributed by atoms with Crippen LogP contribution < -0.4 is 10.6 Å². The van der Waals surface area contributed by atoms with E-state index in [0.717, 1.165) is 22.0 Å². The second kappa shape index (κ2) is 11.2. The molecule has 3 rings (SSSR count). The lowest BCUT2D eigenvalue weighted by Crippen LogP contribution is -2.35. The SMILES string of the molecule is C[C@H](CNC(=O)c1[nH]c2ccccc2c1-c1ccc(F)cc1)COCCNC(=O)OC(C)(C)C. The van der Waals surface area contributed by atoms with Gasteiger partial charge < -0.3 is 25.1 Å². The zero-order valence-corrected chi connectivity index (χ0v) is 20.0. The minimum atomic E-state index is -0.542. The van der Waals surface area contributed by atoms with Gasteiger partial charge in [0, 0.05) is 29.6 Å². The number of benzene rings is 2. The van der Waals surface area contributed by atoms with Crippen LogP contribution in [-0.2, 0) is 9.47 Å². The normalized spacial score (nSPS) is 12.4. The number of para-hydroxylation sites is 1. The Morgan fingerprint density at radius 1 is 1.06 bits per heavy atom. The van der Waals surface area contributed by atoms with Crippen LogP contribution in [0.15, 0.2) is 48.5 Å². The molecule has 8 heteroatoms. The lowest BCUT2D eigenvalue weighted by Gasteiger charge is -2.19. The number of carbonyl (C=O) groups excluding carboxylic acids is 2. The summed E-state index contributed by atoms with van der Waals surface area (Å²) in [5.74, 6) is -0.511. The molecule has 0 fully saturated rings. The molecule has 0 unspecified atom stereocenters. The number of nitrogens with one attached hydrogen (secondary N) is 3. The predicted molar refractivity (Wildman–Crippen MR) is 130 cm³/mol. The molecule has 34 heavy (non-hydrogen) atoms. The summed E-state index contributed by atoms with van der Waals surface area (Å²) in [7, 11) is 0. The van der Waals surface area contributed by atoms with Gasteiger partial charge in [-0.2, -0.15) is 0 Å². The summed E-state index contributed by atoms with van der Waals surface area (Å²) in [6, 6.07) is 13.7. The summed E-state index contributed by atoms with van der Waals surface area (Å²) in [5, 5.41) is 6.49. The molecule has 1 aromatic heterocycles. The molecule has 0 spiro atoms. The number of H-pyrrole nitrogens is 1. The van der Waals surface area contributed by atoms with Gasteiger partial charge in [0.05, 0.1) is 13.2 Å². The van der Waals surface area contributed by atoms with E-state index >= 15 is 0 Å². The van der Waals surface area contributed by atoms with Crippen molar-refractivity contribution in [2.75, 3.05) is 26.3 Å². The van der Waals surface area contributed by atoms with Crippen LogP contribution in [0.4, 0.5) is 9.18 Å². The second-order valence-electron chi connectivity index (χ2n) is 9.25. The molecule has 2 aromatic carbocycles. The van der Waals surface area contributed by atoms with Crippen molar-refractivity contribution in [1.29, 1.82) is 0 Å². The quantitative estimate of drug-likeness (QED) is 0.390. The Labute approximate surface area is 199 Å². The Morgan fingerprint density at radius 3 is 2.47 bits per heavy atom. The number of carbonyl (C=O) groups is 2. The standard InChI is InChI=1S/C26H32FN3O4/c1-17(16-33-14-13-28-25(32)34-26(2,3)4)15-29-24(31)23-22(18-9-11-19(27)12-10-18)20-7-5-6-8-21(20)30-23/h5-12,17,30H,13-16H2,1-4H3,(H,28,32)(H,29,31)/t17-/m1/s1. The van der Waals surface area contributed by atoms with Gasteiger partial charge in [-0.3, -0.25) is 4.79 Å². The van der Waals surface area contributed by atoms with E-state index < -0.39 is 11.7 Å². The molecule has 0 saturated carbocycles. The van der Waals surface area contributed by atoms with Crippen molar-refractivity contribution in [1.82, 2.24) is 15.6 Å². The molecule has 2 amide bonds. The Balaban J connectivity index is 1.53. The third-order valence-corrected chi connectivity index (χ3v) is 4.99. The average Bonchev–Trinajstić information content (AvgIpc) is 3.16. The highest BCUT2D eigenvalue weighted by molar-refractivity contribution is 6.09. The summed E-state index contributed by atoms with van der Waals surface area (Å²) in [4.78, 5) is 27.8. The lowest BCUT2D eigenvalue weighted by molar-refractivity contribution is 0.0486. The summed E-state index contributed by atoms with van der Waals surface area (Å²) in [6.45, 7) is 8.89.